The zero-order valence-electron chi connectivity index (χ0n) is 14.3. The molecule has 136 valence electrons. The van der Waals surface area contributed by atoms with E-state index in [2.05, 4.69) is 4.72 Å². The zero-order chi connectivity index (χ0) is 17.8. The third-order valence-electron chi connectivity index (χ3n) is 4.08. The van der Waals surface area contributed by atoms with Crippen molar-refractivity contribution in [1.82, 2.24) is 4.31 Å². The Morgan fingerprint density at radius 3 is 2.46 bits per heavy atom. The molecule has 0 aromatic heterocycles. The van der Waals surface area contributed by atoms with Crippen LogP contribution >= 0.6 is 0 Å². The molecule has 6 nitrogen and oxygen atoms in total. The van der Waals surface area contributed by atoms with Crippen LogP contribution in [0.5, 0.6) is 0 Å². The lowest BCUT2D eigenvalue weighted by atomic mass is 10.0. The third kappa shape index (κ3) is 4.94. The fourth-order valence-corrected chi connectivity index (χ4v) is 5.52. The minimum atomic E-state index is -3.36. The fourth-order valence-electron chi connectivity index (χ4n) is 2.78. The van der Waals surface area contributed by atoms with Gasteiger partial charge in [0.1, 0.15) is 0 Å². The van der Waals surface area contributed by atoms with E-state index in [1.54, 1.807) is 12.1 Å². The normalized spacial score (nSPS) is 15.9. The van der Waals surface area contributed by atoms with Gasteiger partial charge in [0.15, 0.2) is 0 Å². The van der Waals surface area contributed by atoms with Crippen molar-refractivity contribution in [1.29, 1.82) is 0 Å². The van der Waals surface area contributed by atoms with Gasteiger partial charge in [-0.2, -0.15) is 4.31 Å². The Morgan fingerprint density at radius 2 is 1.79 bits per heavy atom. The van der Waals surface area contributed by atoms with Crippen LogP contribution in [0.25, 0.3) is 0 Å². The lowest BCUT2D eigenvalue weighted by Gasteiger charge is -2.28. The summed E-state index contributed by atoms with van der Waals surface area (Å²) in [5.74, 6) is 0.239. The maximum Gasteiger partial charge on any atom is 0.232 e. The average Bonchev–Trinajstić information content (AvgIpc) is 2.52. The van der Waals surface area contributed by atoms with E-state index in [-0.39, 0.29) is 11.5 Å². The summed E-state index contributed by atoms with van der Waals surface area (Å²) in [6.07, 6.45) is 2.67. The Labute approximate surface area is 145 Å². The van der Waals surface area contributed by atoms with Gasteiger partial charge in [-0.1, -0.05) is 26.3 Å². The molecule has 0 bridgehead atoms. The van der Waals surface area contributed by atoms with E-state index in [0.717, 1.165) is 17.5 Å². The molecule has 1 N–H and O–H groups in total. The molecule has 0 spiro atoms. The maximum atomic E-state index is 12.2. The Hall–Kier alpha value is -1.12. The van der Waals surface area contributed by atoms with Gasteiger partial charge in [-0.05, 0) is 42.5 Å². The van der Waals surface area contributed by atoms with Crippen LogP contribution < -0.4 is 4.72 Å². The summed E-state index contributed by atoms with van der Waals surface area (Å²) >= 11 is 0. The van der Waals surface area contributed by atoms with E-state index in [1.165, 1.54) is 4.31 Å². The fraction of sp³-hybridized carbons (Fsp3) is 0.625. The predicted molar refractivity (Wildman–Crippen MR) is 97.0 cm³/mol. The molecule has 0 aliphatic carbocycles. The van der Waals surface area contributed by atoms with Gasteiger partial charge in [0.2, 0.25) is 20.0 Å². The van der Waals surface area contributed by atoms with E-state index in [1.807, 2.05) is 19.9 Å². The van der Waals surface area contributed by atoms with Gasteiger partial charge in [0.25, 0.3) is 0 Å². The molecule has 8 heteroatoms. The largest absolute Gasteiger partial charge is 0.284 e. The standard InChI is InChI=1S/C16H26N2O4S2/c1-3-5-11-23(19,20)17-16-7-6-14-8-9-18(13-15(14)12-16)24(21,22)10-4-2/h6-7,12,17H,3-5,8-11,13H2,1-2H3. The number of anilines is 1. The zero-order valence-corrected chi connectivity index (χ0v) is 15.9. The number of hydrogen-bond acceptors (Lipinski definition) is 4. The molecule has 0 atom stereocenters. The summed E-state index contributed by atoms with van der Waals surface area (Å²) in [7, 11) is -6.60. The molecule has 1 aromatic carbocycles. The van der Waals surface area contributed by atoms with Crippen molar-refractivity contribution >= 4 is 25.7 Å². The van der Waals surface area contributed by atoms with Crippen LogP contribution in [-0.4, -0.2) is 39.2 Å². The van der Waals surface area contributed by atoms with Crippen LogP contribution in [0.15, 0.2) is 18.2 Å². The smallest absolute Gasteiger partial charge is 0.232 e. The monoisotopic (exact) mass is 374 g/mol. The highest BCUT2D eigenvalue weighted by atomic mass is 32.2. The highest BCUT2D eigenvalue weighted by Gasteiger charge is 2.26. The number of nitrogens with zero attached hydrogens (tertiary/aromatic N) is 1. The van der Waals surface area contributed by atoms with Crippen molar-refractivity contribution in [3.05, 3.63) is 29.3 Å². The van der Waals surface area contributed by atoms with Crippen molar-refractivity contribution in [3.63, 3.8) is 0 Å². The molecular formula is C16H26N2O4S2. The first-order valence-corrected chi connectivity index (χ1v) is 11.6. The Bertz CT molecular complexity index is 773. The molecular weight excluding hydrogens is 348 g/mol. The lowest BCUT2D eigenvalue weighted by Crippen LogP contribution is -2.37. The predicted octanol–water partition coefficient (Wildman–Crippen LogP) is 2.33. The minimum absolute atomic E-state index is 0.0948. The molecule has 0 amide bonds. The highest BCUT2D eigenvalue weighted by Crippen LogP contribution is 2.25. The quantitative estimate of drug-likeness (QED) is 0.757. The number of benzene rings is 1. The topological polar surface area (TPSA) is 83.6 Å². The number of rotatable bonds is 8. The number of fused-ring (bicyclic) bond motifs is 1. The van der Waals surface area contributed by atoms with Gasteiger partial charge < -0.3 is 0 Å². The van der Waals surface area contributed by atoms with Crippen molar-refractivity contribution < 1.29 is 16.8 Å². The van der Waals surface area contributed by atoms with Crippen molar-refractivity contribution in [2.45, 2.75) is 46.1 Å². The molecule has 0 saturated carbocycles. The lowest BCUT2D eigenvalue weighted by molar-refractivity contribution is 0.391. The first-order chi connectivity index (χ1) is 11.3. The molecule has 2 rings (SSSR count). The third-order valence-corrected chi connectivity index (χ3v) is 7.47. The first kappa shape index (κ1) is 19.2. The molecule has 1 aliphatic rings. The highest BCUT2D eigenvalue weighted by molar-refractivity contribution is 7.92. The summed E-state index contributed by atoms with van der Waals surface area (Å²) in [6, 6.07) is 5.39. The van der Waals surface area contributed by atoms with Crippen LogP contribution in [0.4, 0.5) is 5.69 Å². The van der Waals surface area contributed by atoms with Crippen molar-refractivity contribution in [3.8, 4) is 0 Å². The average molecular weight is 375 g/mol. The molecule has 24 heavy (non-hydrogen) atoms. The Balaban J connectivity index is 2.16. The number of unbranched alkanes of at least 4 members (excludes halogenated alkanes) is 1. The second-order valence-electron chi connectivity index (χ2n) is 6.16. The van der Waals surface area contributed by atoms with Crippen LogP contribution in [0.2, 0.25) is 0 Å². The van der Waals surface area contributed by atoms with E-state index in [0.29, 0.717) is 38.0 Å². The van der Waals surface area contributed by atoms with Crippen LogP contribution in [-0.2, 0) is 33.0 Å². The van der Waals surface area contributed by atoms with Gasteiger partial charge >= 0.3 is 0 Å². The molecule has 1 aromatic rings. The van der Waals surface area contributed by atoms with Crippen molar-refractivity contribution in [2.24, 2.45) is 0 Å². The number of sulfonamides is 2. The Kier molecular flexibility index (Phi) is 6.28. The molecule has 0 radical (unpaired) electrons. The second-order valence-corrected chi connectivity index (χ2v) is 10.1. The van der Waals surface area contributed by atoms with Gasteiger partial charge in [0.05, 0.1) is 11.5 Å². The molecule has 1 heterocycles. The maximum absolute atomic E-state index is 12.2. The molecule has 1 aliphatic heterocycles. The summed E-state index contributed by atoms with van der Waals surface area (Å²) in [6.45, 7) is 4.58. The SMILES string of the molecule is CCCCS(=O)(=O)Nc1ccc2c(c1)CN(S(=O)(=O)CCC)CC2. The van der Waals surface area contributed by atoms with E-state index in [9.17, 15) is 16.8 Å². The van der Waals surface area contributed by atoms with Gasteiger partial charge in [0, 0.05) is 18.8 Å². The number of hydrogen-bond donors (Lipinski definition) is 1. The number of nitrogens with one attached hydrogen (secondary N) is 1. The summed E-state index contributed by atoms with van der Waals surface area (Å²) < 4.78 is 52.6. The minimum Gasteiger partial charge on any atom is -0.284 e. The van der Waals surface area contributed by atoms with Crippen LogP contribution in [0.1, 0.15) is 44.2 Å². The van der Waals surface area contributed by atoms with Gasteiger partial charge in [-0.25, -0.2) is 16.8 Å². The van der Waals surface area contributed by atoms with Crippen molar-refractivity contribution in [2.75, 3.05) is 22.8 Å². The summed E-state index contributed by atoms with van der Waals surface area (Å²) in [5.41, 5.74) is 2.45. The van der Waals surface area contributed by atoms with Crippen LogP contribution in [0, 0.1) is 0 Å². The summed E-state index contributed by atoms with van der Waals surface area (Å²) in [5, 5.41) is 0. The van der Waals surface area contributed by atoms with E-state index in [4.69, 9.17) is 0 Å². The second kappa shape index (κ2) is 7.84. The molecule has 0 fully saturated rings. The molecule has 0 unspecified atom stereocenters. The Morgan fingerprint density at radius 1 is 1.04 bits per heavy atom. The summed E-state index contributed by atoms with van der Waals surface area (Å²) in [4.78, 5) is 0. The van der Waals surface area contributed by atoms with Gasteiger partial charge in [-0.15, -0.1) is 0 Å². The van der Waals surface area contributed by atoms with Gasteiger partial charge in [-0.3, -0.25) is 4.72 Å². The van der Waals surface area contributed by atoms with E-state index < -0.39 is 20.0 Å². The van der Waals surface area contributed by atoms with Crippen LogP contribution in [0.3, 0.4) is 0 Å². The first-order valence-electron chi connectivity index (χ1n) is 8.37. The van der Waals surface area contributed by atoms with E-state index >= 15 is 0 Å². The molecule has 0 saturated heterocycles.